The standard InChI is InChI=1S/C15H29N3O4/c1-3-4-5-17(2)10-13-14(19)12(11-22-13)16-15(20)18-6-8-21-9-7-18/h12-14,19H,3-11H2,1-2H3,(H,16,20)/t12-,13-,14+/m0/s1. The van der Waals surface area contributed by atoms with E-state index in [1.807, 2.05) is 7.05 Å². The number of aliphatic hydroxyl groups is 1. The minimum Gasteiger partial charge on any atom is -0.388 e. The van der Waals surface area contributed by atoms with Gasteiger partial charge in [0.05, 0.1) is 32.0 Å². The van der Waals surface area contributed by atoms with E-state index in [1.165, 1.54) is 0 Å². The molecule has 128 valence electrons. The quantitative estimate of drug-likeness (QED) is 0.715. The van der Waals surface area contributed by atoms with Gasteiger partial charge in [-0.25, -0.2) is 4.79 Å². The Hall–Kier alpha value is -0.890. The number of ether oxygens (including phenoxy) is 2. The summed E-state index contributed by atoms with van der Waals surface area (Å²) in [5, 5.41) is 13.2. The van der Waals surface area contributed by atoms with E-state index in [1.54, 1.807) is 4.90 Å². The van der Waals surface area contributed by atoms with Crippen LogP contribution in [0.1, 0.15) is 19.8 Å². The third-order valence-electron chi connectivity index (χ3n) is 4.28. The highest BCUT2D eigenvalue weighted by molar-refractivity contribution is 5.74. The molecule has 2 amide bonds. The number of likely N-dealkylation sites (N-methyl/N-ethyl adjacent to an activating group) is 1. The molecule has 2 N–H and O–H groups in total. The Bertz CT molecular complexity index is 350. The monoisotopic (exact) mass is 315 g/mol. The lowest BCUT2D eigenvalue weighted by Crippen LogP contribution is -2.53. The van der Waals surface area contributed by atoms with Crippen molar-refractivity contribution in [1.29, 1.82) is 0 Å². The first-order valence-corrected chi connectivity index (χ1v) is 8.23. The normalized spacial score (nSPS) is 29.1. The molecule has 2 rings (SSSR count). The molecular formula is C15H29N3O4. The molecule has 2 aliphatic rings. The number of unbranched alkanes of at least 4 members (excludes halogenated alkanes) is 1. The van der Waals surface area contributed by atoms with Crippen LogP contribution < -0.4 is 5.32 Å². The van der Waals surface area contributed by atoms with E-state index in [4.69, 9.17) is 9.47 Å². The zero-order valence-electron chi connectivity index (χ0n) is 13.7. The Kier molecular flexibility index (Phi) is 6.88. The zero-order chi connectivity index (χ0) is 15.9. The van der Waals surface area contributed by atoms with Gasteiger partial charge in [0.2, 0.25) is 0 Å². The number of carbonyl (C=O) groups is 1. The number of aliphatic hydroxyl groups excluding tert-OH is 1. The number of hydrogen-bond donors (Lipinski definition) is 2. The van der Waals surface area contributed by atoms with Crippen molar-refractivity contribution in [2.75, 3.05) is 53.0 Å². The molecule has 0 saturated carbocycles. The van der Waals surface area contributed by atoms with E-state index in [-0.39, 0.29) is 18.2 Å². The first-order chi connectivity index (χ1) is 10.6. The van der Waals surface area contributed by atoms with Crippen LogP contribution in [0.2, 0.25) is 0 Å². The van der Waals surface area contributed by atoms with Gasteiger partial charge in [-0.1, -0.05) is 13.3 Å². The molecule has 0 unspecified atom stereocenters. The van der Waals surface area contributed by atoms with Crippen LogP contribution >= 0.6 is 0 Å². The predicted octanol–water partition coefficient (Wildman–Crippen LogP) is -0.112. The fourth-order valence-electron chi connectivity index (χ4n) is 2.81. The first-order valence-electron chi connectivity index (χ1n) is 8.23. The van der Waals surface area contributed by atoms with Crippen LogP contribution in [0.15, 0.2) is 0 Å². The SMILES string of the molecule is CCCCN(C)C[C@@H]1OC[C@H](NC(=O)N2CCOCC2)[C@H]1O. The molecule has 2 fully saturated rings. The van der Waals surface area contributed by atoms with Crippen molar-refractivity contribution in [3.8, 4) is 0 Å². The van der Waals surface area contributed by atoms with Crippen LogP contribution in [0, 0.1) is 0 Å². The molecule has 0 aliphatic carbocycles. The fraction of sp³-hybridized carbons (Fsp3) is 0.933. The van der Waals surface area contributed by atoms with Gasteiger partial charge in [0.15, 0.2) is 0 Å². The van der Waals surface area contributed by atoms with E-state index >= 15 is 0 Å². The van der Waals surface area contributed by atoms with Gasteiger partial charge in [0.1, 0.15) is 6.10 Å². The molecule has 0 aromatic rings. The summed E-state index contributed by atoms with van der Waals surface area (Å²) in [5.41, 5.74) is 0. The maximum Gasteiger partial charge on any atom is 0.317 e. The van der Waals surface area contributed by atoms with Crippen LogP contribution in [0.25, 0.3) is 0 Å². The maximum atomic E-state index is 12.2. The van der Waals surface area contributed by atoms with Gasteiger partial charge in [-0.2, -0.15) is 0 Å². The number of rotatable bonds is 6. The lowest BCUT2D eigenvalue weighted by atomic mass is 10.1. The summed E-state index contributed by atoms with van der Waals surface area (Å²) in [4.78, 5) is 16.0. The topological polar surface area (TPSA) is 74.3 Å². The van der Waals surface area contributed by atoms with E-state index in [0.29, 0.717) is 39.5 Å². The van der Waals surface area contributed by atoms with Crippen molar-refractivity contribution in [2.24, 2.45) is 0 Å². The van der Waals surface area contributed by atoms with Crippen LogP contribution in [-0.4, -0.2) is 92.2 Å². The van der Waals surface area contributed by atoms with Crippen LogP contribution in [0.4, 0.5) is 4.79 Å². The molecule has 3 atom stereocenters. The highest BCUT2D eigenvalue weighted by Gasteiger charge is 2.37. The Morgan fingerprint density at radius 1 is 1.41 bits per heavy atom. The number of amides is 2. The molecule has 0 aromatic heterocycles. The number of urea groups is 1. The van der Waals surface area contributed by atoms with Crippen molar-refractivity contribution in [2.45, 2.75) is 38.0 Å². The van der Waals surface area contributed by atoms with Gasteiger partial charge in [-0.15, -0.1) is 0 Å². The maximum absolute atomic E-state index is 12.2. The summed E-state index contributed by atoms with van der Waals surface area (Å²) in [7, 11) is 2.03. The summed E-state index contributed by atoms with van der Waals surface area (Å²) in [6, 6.07) is -0.476. The minimum absolute atomic E-state index is 0.143. The van der Waals surface area contributed by atoms with Crippen molar-refractivity contribution in [3.05, 3.63) is 0 Å². The van der Waals surface area contributed by atoms with Crippen LogP contribution in [0.5, 0.6) is 0 Å². The smallest absolute Gasteiger partial charge is 0.317 e. The molecule has 0 bridgehead atoms. The van der Waals surface area contributed by atoms with Crippen molar-refractivity contribution >= 4 is 6.03 Å². The van der Waals surface area contributed by atoms with Gasteiger partial charge >= 0.3 is 6.03 Å². The molecule has 2 heterocycles. The van der Waals surface area contributed by atoms with Gasteiger partial charge < -0.3 is 29.7 Å². The summed E-state index contributed by atoms with van der Waals surface area (Å²) in [6.45, 7) is 6.54. The van der Waals surface area contributed by atoms with Crippen LogP contribution in [0.3, 0.4) is 0 Å². The largest absolute Gasteiger partial charge is 0.388 e. The molecule has 2 saturated heterocycles. The Morgan fingerprint density at radius 3 is 2.82 bits per heavy atom. The average Bonchev–Trinajstić information content (AvgIpc) is 2.87. The van der Waals surface area contributed by atoms with E-state index < -0.39 is 6.10 Å². The number of morpholine rings is 1. The fourth-order valence-corrected chi connectivity index (χ4v) is 2.81. The van der Waals surface area contributed by atoms with Gasteiger partial charge in [0, 0.05) is 19.6 Å². The second-order valence-corrected chi connectivity index (χ2v) is 6.13. The molecule has 0 aromatic carbocycles. The van der Waals surface area contributed by atoms with Crippen molar-refractivity contribution in [1.82, 2.24) is 15.1 Å². The van der Waals surface area contributed by atoms with Crippen LogP contribution in [-0.2, 0) is 9.47 Å². The lowest BCUT2D eigenvalue weighted by molar-refractivity contribution is 0.0197. The second kappa shape index (κ2) is 8.67. The third kappa shape index (κ3) is 4.81. The molecule has 7 nitrogen and oxygen atoms in total. The number of carbonyl (C=O) groups excluding carboxylic acids is 1. The molecule has 0 radical (unpaired) electrons. The molecule has 2 aliphatic heterocycles. The van der Waals surface area contributed by atoms with E-state index in [0.717, 1.165) is 19.4 Å². The van der Waals surface area contributed by atoms with Crippen molar-refractivity contribution < 1.29 is 19.4 Å². The minimum atomic E-state index is -0.658. The summed E-state index contributed by atoms with van der Waals surface area (Å²) < 4.78 is 10.9. The van der Waals surface area contributed by atoms with Gasteiger partial charge in [0.25, 0.3) is 0 Å². The number of nitrogens with one attached hydrogen (secondary N) is 1. The van der Waals surface area contributed by atoms with Gasteiger partial charge in [-0.3, -0.25) is 0 Å². The summed E-state index contributed by atoms with van der Waals surface area (Å²) in [5.74, 6) is 0. The molecule has 7 heteroatoms. The molecule has 0 spiro atoms. The summed E-state index contributed by atoms with van der Waals surface area (Å²) in [6.07, 6.45) is 1.39. The molecular weight excluding hydrogens is 286 g/mol. The second-order valence-electron chi connectivity index (χ2n) is 6.13. The Balaban J connectivity index is 1.75. The van der Waals surface area contributed by atoms with E-state index in [2.05, 4.69) is 17.1 Å². The third-order valence-corrected chi connectivity index (χ3v) is 4.28. The number of hydrogen-bond acceptors (Lipinski definition) is 5. The molecule has 22 heavy (non-hydrogen) atoms. The summed E-state index contributed by atoms with van der Waals surface area (Å²) >= 11 is 0. The van der Waals surface area contributed by atoms with Crippen molar-refractivity contribution in [3.63, 3.8) is 0 Å². The highest BCUT2D eigenvalue weighted by Crippen LogP contribution is 2.16. The van der Waals surface area contributed by atoms with Gasteiger partial charge in [-0.05, 0) is 20.0 Å². The zero-order valence-corrected chi connectivity index (χ0v) is 13.7. The first kappa shape index (κ1) is 17.5. The lowest BCUT2D eigenvalue weighted by Gasteiger charge is -2.29. The predicted molar refractivity (Wildman–Crippen MR) is 82.9 cm³/mol. The highest BCUT2D eigenvalue weighted by atomic mass is 16.5. The Morgan fingerprint density at radius 2 is 2.14 bits per heavy atom. The Labute approximate surface area is 132 Å². The van der Waals surface area contributed by atoms with E-state index in [9.17, 15) is 9.90 Å². The average molecular weight is 315 g/mol. The number of nitrogens with zero attached hydrogens (tertiary/aromatic N) is 2.